The second kappa shape index (κ2) is 4.02. The van der Waals surface area contributed by atoms with Crippen molar-refractivity contribution in [1.82, 2.24) is 10.2 Å². The number of likely N-dealkylation sites (tertiary alicyclic amines) is 1. The molecule has 1 N–H and O–H groups in total. The van der Waals surface area contributed by atoms with Crippen LogP contribution in [0.25, 0.3) is 0 Å². The first-order valence-electron chi connectivity index (χ1n) is 8.72. The summed E-state index contributed by atoms with van der Waals surface area (Å²) in [7, 11) is 0. The van der Waals surface area contributed by atoms with Crippen LogP contribution in [0.4, 0.5) is 0 Å². The molecule has 5 fully saturated rings. The zero-order valence-corrected chi connectivity index (χ0v) is 12.5. The van der Waals surface area contributed by atoms with Crippen LogP contribution in [0.5, 0.6) is 0 Å². The Morgan fingerprint density at radius 2 is 1.81 bits per heavy atom. The van der Waals surface area contributed by atoms with E-state index in [4.69, 9.17) is 0 Å². The van der Waals surface area contributed by atoms with Gasteiger partial charge in [-0.1, -0.05) is 0 Å². The van der Waals surface area contributed by atoms with Gasteiger partial charge in [0, 0.05) is 32.0 Å². The lowest BCUT2D eigenvalue weighted by atomic mass is 9.77. The van der Waals surface area contributed by atoms with Crippen LogP contribution >= 0.6 is 0 Å². The number of fused-ring (bicyclic) bond motifs is 5. The largest absolute Gasteiger partial charge is 0.356 e. The van der Waals surface area contributed by atoms with Gasteiger partial charge >= 0.3 is 0 Å². The van der Waals surface area contributed by atoms with Gasteiger partial charge in [0.05, 0.1) is 0 Å². The van der Waals surface area contributed by atoms with Crippen LogP contribution in [0.15, 0.2) is 0 Å². The van der Waals surface area contributed by atoms with Crippen molar-refractivity contribution < 1.29 is 9.59 Å². The van der Waals surface area contributed by atoms with Gasteiger partial charge in [-0.05, 0) is 61.2 Å². The molecular weight excluding hydrogens is 264 g/mol. The van der Waals surface area contributed by atoms with Crippen molar-refractivity contribution in [3.63, 3.8) is 0 Å². The first-order valence-corrected chi connectivity index (χ1v) is 8.72. The SMILES string of the molecule is O=C1CC2(CCN(C(=O)C3C4C5CCC(C5)C34)CC2)CN1. The average molecular weight is 288 g/mol. The van der Waals surface area contributed by atoms with Crippen molar-refractivity contribution in [1.29, 1.82) is 0 Å². The molecule has 0 radical (unpaired) electrons. The molecule has 0 aromatic heterocycles. The number of carbonyl (C=O) groups excluding carboxylic acids is 2. The van der Waals surface area contributed by atoms with Gasteiger partial charge in [0.1, 0.15) is 0 Å². The van der Waals surface area contributed by atoms with Gasteiger partial charge in [0.25, 0.3) is 0 Å². The Balaban J connectivity index is 1.23. The zero-order valence-electron chi connectivity index (χ0n) is 12.5. The van der Waals surface area contributed by atoms with Crippen LogP contribution in [-0.4, -0.2) is 36.3 Å². The fourth-order valence-electron chi connectivity index (χ4n) is 6.17. The molecule has 21 heavy (non-hydrogen) atoms. The van der Waals surface area contributed by atoms with Gasteiger partial charge < -0.3 is 10.2 Å². The molecule has 2 aliphatic heterocycles. The molecule has 0 aromatic rings. The Labute approximate surface area is 125 Å². The molecule has 4 nitrogen and oxygen atoms in total. The van der Waals surface area contributed by atoms with Crippen molar-refractivity contribution in [2.45, 2.75) is 38.5 Å². The van der Waals surface area contributed by atoms with Gasteiger partial charge in [-0.25, -0.2) is 0 Å². The van der Waals surface area contributed by atoms with E-state index in [0.29, 0.717) is 18.2 Å². The predicted molar refractivity (Wildman–Crippen MR) is 77.2 cm³/mol. The number of nitrogens with one attached hydrogen (secondary N) is 1. The smallest absolute Gasteiger partial charge is 0.226 e. The van der Waals surface area contributed by atoms with E-state index in [1.165, 1.54) is 19.3 Å². The quantitative estimate of drug-likeness (QED) is 0.793. The van der Waals surface area contributed by atoms with Crippen molar-refractivity contribution >= 4 is 11.8 Å². The first-order chi connectivity index (χ1) is 10.2. The van der Waals surface area contributed by atoms with E-state index in [0.717, 1.165) is 56.1 Å². The highest BCUT2D eigenvalue weighted by Crippen LogP contribution is 2.69. The number of rotatable bonds is 1. The highest BCUT2D eigenvalue weighted by molar-refractivity contribution is 5.83. The Hall–Kier alpha value is -1.06. The van der Waals surface area contributed by atoms with Gasteiger partial charge in [-0.15, -0.1) is 0 Å². The third kappa shape index (κ3) is 1.68. The molecule has 1 spiro atoms. The van der Waals surface area contributed by atoms with Crippen molar-refractivity contribution in [2.75, 3.05) is 19.6 Å². The van der Waals surface area contributed by atoms with E-state index in [1.807, 2.05) is 0 Å². The normalized spacial score (nSPS) is 45.8. The lowest BCUT2D eigenvalue weighted by molar-refractivity contribution is -0.135. The molecular formula is C17H24N2O2. The fraction of sp³-hybridized carbons (Fsp3) is 0.882. The van der Waals surface area contributed by atoms with E-state index in [1.54, 1.807) is 0 Å². The summed E-state index contributed by atoms with van der Waals surface area (Å²) in [6.07, 6.45) is 6.86. The molecule has 3 saturated carbocycles. The molecule has 5 aliphatic rings. The molecule has 2 bridgehead atoms. The Morgan fingerprint density at radius 1 is 1.14 bits per heavy atom. The van der Waals surface area contributed by atoms with Gasteiger partial charge in [-0.3, -0.25) is 9.59 Å². The minimum Gasteiger partial charge on any atom is -0.356 e. The monoisotopic (exact) mass is 288 g/mol. The Morgan fingerprint density at radius 3 is 2.38 bits per heavy atom. The maximum Gasteiger partial charge on any atom is 0.226 e. The lowest BCUT2D eigenvalue weighted by Gasteiger charge is -2.38. The molecule has 2 heterocycles. The third-order valence-electron chi connectivity index (χ3n) is 7.35. The molecule has 5 rings (SSSR count). The molecule has 2 amide bonds. The van der Waals surface area contributed by atoms with Gasteiger partial charge in [0.15, 0.2) is 0 Å². The van der Waals surface area contributed by atoms with Crippen LogP contribution in [-0.2, 0) is 9.59 Å². The topological polar surface area (TPSA) is 49.4 Å². The van der Waals surface area contributed by atoms with Crippen molar-refractivity contribution in [3.05, 3.63) is 0 Å². The summed E-state index contributed by atoms with van der Waals surface area (Å²) < 4.78 is 0. The van der Waals surface area contributed by atoms with Crippen molar-refractivity contribution in [2.24, 2.45) is 35.0 Å². The number of hydrogen-bond donors (Lipinski definition) is 1. The standard InChI is InChI=1S/C17H24N2O2/c20-12-8-17(9-18-12)3-5-19(6-4-17)16(21)15-13-10-1-2-11(7-10)14(13)15/h10-11,13-15H,1-9H2,(H,18,20). The highest BCUT2D eigenvalue weighted by atomic mass is 16.2. The van der Waals surface area contributed by atoms with E-state index in [9.17, 15) is 9.59 Å². The highest BCUT2D eigenvalue weighted by Gasteiger charge is 2.68. The molecule has 3 aliphatic carbocycles. The maximum atomic E-state index is 12.8. The molecule has 4 atom stereocenters. The van der Waals surface area contributed by atoms with Crippen LogP contribution in [0, 0.1) is 35.0 Å². The van der Waals surface area contributed by atoms with E-state index >= 15 is 0 Å². The Kier molecular flexibility index (Phi) is 2.39. The summed E-state index contributed by atoms with van der Waals surface area (Å²) in [5.41, 5.74) is 0.159. The van der Waals surface area contributed by atoms with Crippen LogP contribution in [0.2, 0.25) is 0 Å². The molecule has 4 unspecified atom stereocenters. The summed E-state index contributed by atoms with van der Waals surface area (Å²) in [4.78, 5) is 26.4. The second-order valence-electron chi connectivity index (χ2n) is 8.29. The summed E-state index contributed by atoms with van der Waals surface area (Å²) in [6.45, 7) is 2.57. The zero-order chi connectivity index (χ0) is 14.2. The maximum absolute atomic E-state index is 12.8. The number of carbonyl (C=O) groups is 2. The lowest BCUT2D eigenvalue weighted by Crippen LogP contribution is -2.45. The molecule has 0 aromatic carbocycles. The second-order valence-corrected chi connectivity index (χ2v) is 8.29. The number of amides is 2. The number of hydrogen-bond acceptors (Lipinski definition) is 2. The average Bonchev–Trinajstić information content (AvgIpc) is 2.78. The predicted octanol–water partition coefficient (Wildman–Crippen LogP) is 1.41. The van der Waals surface area contributed by atoms with E-state index in [2.05, 4.69) is 10.2 Å². The van der Waals surface area contributed by atoms with Crippen LogP contribution in [0.3, 0.4) is 0 Å². The summed E-state index contributed by atoms with van der Waals surface area (Å²) in [6, 6.07) is 0. The molecule has 114 valence electrons. The fourth-order valence-corrected chi connectivity index (χ4v) is 6.17. The van der Waals surface area contributed by atoms with E-state index < -0.39 is 0 Å². The van der Waals surface area contributed by atoms with E-state index in [-0.39, 0.29) is 11.3 Å². The van der Waals surface area contributed by atoms with Crippen LogP contribution in [0.1, 0.15) is 38.5 Å². The van der Waals surface area contributed by atoms with Gasteiger partial charge in [0.2, 0.25) is 11.8 Å². The van der Waals surface area contributed by atoms with Gasteiger partial charge in [-0.2, -0.15) is 0 Å². The molecule has 2 saturated heterocycles. The minimum atomic E-state index is 0.159. The summed E-state index contributed by atoms with van der Waals surface area (Å²) >= 11 is 0. The van der Waals surface area contributed by atoms with Crippen molar-refractivity contribution in [3.8, 4) is 0 Å². The molecule has 4 heteroatoms. The van der Waals surface area contributed by atoms with Crippen LogP contribution < -0.4 is 5.32 Å². The number of nitrogens with zero attached hydrogens (tertiary/aromatic N) is 1. The number of piperidine rings is 1. The summed E-state index contributed by atoms with van der Waals surface area (Å²) in [5, 5.41) is 2.97. The third-order valence-corrected chi connectivity index (χ3v) is 7.35. The summed E-state index contributed by atoms with van der Waals surface area (Å²) in [5.74, 6) is 4.29. The first kappa shape index (κ1) is 12.5. The minimum absolute atomic E-state index is 0.159. The Bertz CT molecular complexity index is 493.